The maximum absolute atomic E-state index is 12.3. The first-order valence-electron chi connectivity index (χ1n) is 10.7. The van der Waals surface area contributed by atoms with Gasteiger partial charge in [-0.15, -0.1) is 0 Å². The average molecular weight is 465 g/mol. The number of amides is 2. The molecule has 10 heteroatoms. The van der Waals surface area contributed by atoms with Gasteiger partial charge in [-0.25, -0.2) is 9.59 Å². The van der Waals surface area contributed by atoms with Gasteiger partial charge in [0.05, 0.1) is 6.54 Å². The second-order valence-electron chi connectivity index (χ2n) is 7.73. The summed E-state index contributed by atoms with van der Waals surface area (Å²) in [6.45, 7) is -0.313. The Morgan fingerprint density at radius 2 is 1.71 bits per heavy atom. The van der Waals surface area contributed by atoms with Crippen LogP contribution in [0.5, 0.6) is 0 Å². The number of carboxylic acid groups (broad SMARTS) is 1. The topological polar surface area (TPSA) is 151 Å². The molecule has 0 aliphatic heterocycles. The molecule has 1 atom stereocenters. The van der Waals surface area contributed by atoms with Gasteiger partial charge in [0.25, 0.3) is 5.91 Å². The Hall–Kier alpha value is -4.18. The van der Waals surface area contributed by atoms with Crippen molar-refractivity contribution in [2.24, 2.45) is 0 Å². The third kappa shape index (κ3) is 4.91. The molecular formula is C24H23N3O7. The van der Waals surface area contributed by atoms with Crippen LogP contribution in [-0.2, 0) is 16.1 Å². The van der Waals surface area contributed by atoms with E-state index in [1.54, 1.807) is 0 Å². The molecule has 1 unspecified atom stereocenters. The van der Waals surface area contributed by atoms with Crippen LogP contribution in [-0.4, -0.2) is 52.6 Å². The van der Waals surface area contributed by atoms with Crippen LogP contribution >= 0.6 is 0 Å². The Morgan fingerprint density at radius 1 is 1.06 bits per heavy atom. The first kappa shape index (κ1) is 23.0. The van der Waals surface area contributed by atoms with Crippen molar-refractivity contribution < 1.29 is 33.9 Å². The van der Waals surface area contributed by atoms with Crippen LogP contribution in [0.2, 0.25) is 0 Å². The van der Waals surface area contributed by atoms with Gasteiger partial charge in [-0.05, 0) is 22.3 Å². The van der Waals surface area contributed by atoms with Crippen LogP contribution in [0.1, 0.15) is 39.7 Å². The zero-order valence-corrected chi connectivity index (χ0v) is 18.1. The molecule has 3 aromatic rings. The van der Waals surface area contributed by atoms with Crippen molar-refractivity contribution in [3.8, 4) is 11.1 Å². The van der Waals surface area contributed by atoms with E-state index in [2.05, 4.69) is 15.8 Å². The second-order valence-corrected chi connectivity index (χ2v) is 7.73. The van der Waals surface area contributed by atoms with Gasteiger partial charge in [-0.3, -0.25) is 4.79 Å². The van der Waals surface area contributed by atoms with E-state index in [1.807, 2.05) is 48.5 Å². The monoisotopic (exact) mass is 465 g/mol. The molecule has 1 aromatic heterocycles. The van der Waals surface area contributed by atoms with Crippen LogP contribution < -0.4 is 10.6 Å². The number of fused-ring (bicyclic) bond motifs is 3. The van der Waals surface area contributed by atoms with Crippen LogP contribution in [0.4, 0.5) is 4.79 Å². The molecular weight excluding hydrogens is 442 g/mol. The van der Waals surface area contributed by atoms with Gasteiger partial charge in [0, 0.05) is 25.0 Å². The lowest BCUT2D eigenvalue weighted by Crippen LogP contribution is -2.41. The molecule has 1 aliphatic rings. The van der Waals surface area contributed by atoms with E-state index in [-0.39, 0.29) is 36.9 Å². The highest BCUT2D eigenvalue weighted by Crippen LogP contribution is 2.44. The van der Waals surface area contributed by atoms with Crippen molar-refractivity contribution in [1.29, 1.82) is 0 Å². The number of hydrogen-bond donors (Lipinski definition) is 4. The Bertz CT molecular complexity index is 1160. The molecule has 2 aromatic carbocycles. The quantitative estimate of drug-likeness (QED) is 0.376. The first-order chi connectivity index (χ1) is 16.5. The molecule has 10 nitrogen and oxygen atoms in total. The summed E-state index contributed by atoms with van der Waals surface area (Å²) < 4.78 is 10.5. The molecule has 0 fully saturated rings. The van der Waals surface area contributed by atoms with Crippen molar-refractivity contribution in [3.05, 3.63) is 77.2 Å². The summed E-state index contributed by atoms with van der Waals surface area (Å²) in [6, 6.07) is 16.1. The molecule has 2 amide bonds. The van der Waals surface area contributed by atoms with Gasteiger partial charge in [-0.1, -0.05) is 53.7 Å². The number of carbonyl (C=O) groups is 3. The number of carbonyl (C=O) groups excluding carboxylic acids is 2. The van der Waals surface area contributed by atoms with Gasteiger partial charge in [0.2, 0.25) is 0 Å². The Morgan fingerprint density at radius 3 is 2.32 bits per heavy atom. The number of alkyl carbamates (subject to hydrolysis) is 1. The van der Waals surface area contributed by atoms with Crippen LogP contribution in [0.15, 0.2) is 59.1 Å². The molecule has 0 spiro atoms. The van der Waals surface area contributed by atoms with E-state index in [0.29, 0.717) is 0 Å². The van der Waals surface area contributed by atoms with Crippen molar-refractivity contribution >= 4 is 18.0 Å². The fraction of sp³-hybridized carbons (Fsp3) is 0.250. The van der Waals surface area contributed by atoms with Gasteiger partial charge in [0.15, 0.2) is 11.5 Å². The van der Waals surface area contributed by atoms with Gasteiger partial charge in [0.1, 0.15) is 12.6 Å². The number of carboxylic acids is 1. The number of nitrogens with one attached hydrogen (secondary N) is 2. The molecule has 0 bridgehead atoms. The van der Waals surface area contributed by atoms with Gasteiger partial charge in [-0.2, -0.15) is 0 Å². The summed E-state index contributed by atoms with van der Waals surface area (Å²) in [5.41, 5.74) is 4.31. The number of aliphatic hydroxyl groups excluding tert-OH is 1. The van der Waals surface area contributed by atoms with Crippen LogP contribution in [0, 0.1) is 0 Å². The highest BCUT2D eigenvalue weighted by Gasteiger charge is 2.29. The number of aromatic nitrogens is 1. The number of rotatable bonds is 9. The molecule has 34 heavy (non-hydrogen) atoms. The Labute approximate surface area is 194 Å². The zero-order valence-electron chi connectivity index (χ0n) is 18.1. The van der Waals surface area contributed by atoms with Crippen LogP contribution in [0.3, 0.4) is 0 Å². The molecule has 0 saturated carbocycles. The molecule has 1 heterocycles. The lowest BCUT2D eigenvalue weighted by atomic mass is 9.98. The number of aliphatic hydroxyl groups is 1. The van der Waals surface area contributed by atoms with Crippen molar-refractivity contribution in [2.75, 3.05) is 13.2 Å². The van der Waals surface area contributed by atoms with Crippen molar-refractivity contribution in [3.63, 3.8) is 0 Å². The molecule has 176 valence electrons. The second kappa shape index (κ2) is 10.2. The minimum Gasteiger partial charge on any atom is -0.480 e. The van der Waals surface area contributed by atoms with E-state index in [4.69, 9.17) is 19.5 Å². The lowest BCUT2D eigenvalue weighted by Gasteiger charge is -2.14. The Kier molecular flexibility index (Phi) is 6.88. The third-order valence-corrected chi connectivity index (χ3v) is 5.56. The zero-order chi connectivity index (χ0) is 24.1. The summed E-state index contributed by atoms with van der Waals surface area (Å²) in [7, 11) is 0. The number of ether oxygens (including phenoxy) is 1. The summed E-state index contributed by atoms with van der Waals surface area (Å²) in [4.78, 5) is 35.5. The van der Waals surface area contributed by atoms with E-state index < -0.39 is 30.6 Å². The smallest absolute Gasteiger partial charge is 0.407 e. The van der Waals surface area contributed by atoms with Gasteiger partial charge < -0.3 is 30.1 Å². The number of nitrogens with zero attached hydrogens (tertiary/aromatic N) is 1. The number of aliphatic carboxylic acids is 1. The Balaban J connectivity index is 1.30. The van der Waals surface area contributed by atoms with Crippen LogP contribution in [0.25, 0.3) is 11.1 Å². The summed E-state index contributed by atoms with van der Waals surface area (Å²) >= 11 is 0. The van der Waals surface area contributed by atoms with Gasteiger partial charge >= 0.3 is 12.1 Å². The highest BCUT2D eigenvalue weighted by molar-refractivity contribution is 5.94. The van der Waals surface area contributed by atoms with E-state index in [0.717, 1.165) is 22.3 Å². The average Bonchev–Trinajstić information content (AvgIpc) is 3.44. The molecule has 0 radical (unpaired) electrons. The first-order valence-corrected chi connectivity index (χ1v) is 10.7. The number of hydrogen-bond acceptors (Lipinski definition) is 7. The largest absolute Gasteiger partial charge is 0.480 e. The fourth-order valence-corrected chi connectivity index (χ4v) is 3.93. The SMILES string of the molecule is O=C(NCc1cc(C(=O)NC(CCO)C(=O)O)no1)OCC1c2ccccc2-c2ccccc21. The lowest BCUT2D eigenvalue weighted by molar-refractivity contribution is -0.139. The maximum atomic E-state index is 12.3. The standard InChI is InChI=1S/C24H23N3O7/c28-10-9-20(23(30)31)26-22(29)21-11-14(34-27-21)12-25-24(32)33-13-19-17-7-3-1-5-15(17)16-6-2-4-8-18(16)19/h1-8,11,19-20,28H,9-10,12-13H2,(H,25,32)(H,26,29)(H,30,31). The molecule has 4 rings (SSSR count). The minimum absolute atomic E-state index is 0.0696. The van der Waals surface area contributed by atoms with Crippen molar-refractivity contribution in [2.45, 2.75) is 24.9 Å². The minimum atomic E-state index is -1.27. The maximum Gasteiger partial charge on any atom is 0.407 e. The predicted molar refractivity (Wildman–Crippen MR) is 119 cm³/mol. The van der Waals surface area contributed by atoms with E-state index >= 15 is 0 Å². The van der Waals surface area contributed by atoms with E-state index in [9.17, 15) is 14.4 Å². The normalized spacial score (nSPS) is 13.0. The number of benzene rings is 2. The molecule has 1 aliphatic carbocycles. The fourth-order valence-electron chi connectivity index (χ4n) is 3.93. The molecule has 0 saturated heterocycles. The highest BCUT2D eigenvalue weighted by atomic mass is 16.5. The third-order valence-electron chi connectivity index (χ3n) is 5.56. The van der Waals surface area contributed by atoms with Crippen molar-refractivity contribution in [1.82, 2.24) is 15.8 Å². The molecule has 4 N–H and O–H groups in total. The summed E-state index contributed by atoms with van der Waals surface area (Å²) in [5, 5.41) is 26.3. The van der Waals surface area contributed by atoms with E-state index in [1.165, 1.54) is 6.07 Å². The predicted octanol–water partition coefficient (Wildman–Crippen LogP) is 2.28. The summed E-state index contributed by atoms with van der Waals surface area (Å²) in [6.07, 6.45) is -0.798. The summed E-state index contributed by atoms with van der Waals surface area (Å²) in [5.74, 6) is -1.92.